The third kappa shape index (κ3) is 4.14. The maximum Gasteiger partial charge on any atom is 0.250 e. The molecule has 1 saturated heterocycles. The van der Waals surface area contributed by atoms with E-state index < -0.39 is 0 Å². The summed E-state index contributed by atoms with van der Waals surface area (Å²) in [6.07, 6.45) is 13.1. The van der Waals surface area contributed by atoms with E-state index in [2.05, 4.69) is 40.7 Å². The van der Waals surface area contributed by atoms with Gasteiger partial charge < -0.3 is 4.90 Å². The molecule has 0 aromatic heterocycles. The number of carbonyl (C=O) groups excluding carboxylic acids is 2. The van der Waals surface area contributed by atoms with Crippen molar-refractivity contribution in [2.45, 2.75) is 98.8 Å². The van der Waals surface area contributed by atoms with Gasteiger partial charge in [0.25, 0.3) is 5.91 Å². The van der Waals surface area contributed by atoms with Crippen LogP contribution >= 0.6 is 0 Å². The highest BCUT2D eigenvalue weighted by Crippen LogP contribution is 2.67. The van der Waals surface area contributed by atoms with Crippen LogP contribution in [0.3, 0.4) is 0 Å². The average molecular weight is 473 g/mol. The average Bonchev–Trinajstić information content (AvgIpc) is 3.17. The van der Waals surface area contributed by atoms with E-state index in [1.54, 1.807) is 12.2 Å². The van der Waals surface area contributed by atoms with Crippen molar-refractivity contribution in [3.05, 3.63) is 11.8 Å². The van der Waals surface area contributed by atoms with Crippen LogP contribution in [0.2, 0.25) is 0 Å². The maximum atomic E-state index is 12.5. The topological polar surface area (TPSA) is 49.9 Å². The fourth-order valence-corrected chi connectivity index (χ4v) is 9.00. The summed E-state index contributed by atoms with van der Waals surface area (Å²) in [5.41, 5.74) is 1.61. The molecule has 34 heavy (non-hydrogen) atoms. The van der Waals surface area contributed by atoms with Gasteiger partial charge in [-0.05, 0) is 100 Å². The van der Waals surface area contributed by atoms with Gasteiger partial charge in [-0.15, -0.1) is 0 Å². The lowest BCUT2D eigenvalue weighted by Gasteiger charge is -2.58. The molecule has 0 aromatic rings. The second-order valence-electron chi connectivity index (χ2n) is 12.2. The highest BCUT2D eigenvalue weighted by Gasteiger charge is 2.60. The van der Waals surface area contributed by atoms with Gasteiger partial charge in [-0.1, -0.05) is 26.8 Å². The summed E-state index contributed by atoms with van der Waals surface area (Å²) < 4.78 is 0. The first-order valence-corrected chi connectivity index (χ1v) is 14.1. The zero-order valence-electron chi connectivity index (χ0n) is 22.6. The van der Waals surface area contributed by atoms with E-state index >= 15 is 0 Å². The second kappa shape index (κ2) is 9.95. The zero-order valence-corrected chi connectivity index (χ0v) is 22.6. The van der Waals surface area contributed by atoms with Crippen molar-refractivity contribution in [3.8, 4) is 0 Å². The fourth-order valence-electron chi connectivity index (χ4n) is 9.00. The van der Waals surface area contributed by atoms with E-state index in [0.29, 0.717) is 36.0 Å². The third-order valence-electron chi connectivity index (χ3n) is 10.8. The molecule has 5 nitrogen and oxygen atoms in total. The summed E-state index contributed by atoms with van der Waals surface area (Å²) >= 11 is 0. The SMILES string of the molecule is CCN(CC)C(=O)CCC[C@@H](C)[C@H]1CC[C@H]2[C@@H]3CC=C4N(OC)C(=O)CC[C@]4(C)[C@H]3CC[C@]12C. The Hall–Kier alpha value is -1.36. The summed E-state index contributed by atoms with van der Waals surface area (Å²) in [7, 11) is 1.63. The molecule has 4 rings (SSSR count). The minimum Gasteiger partial charge on any atom is -0.343 e. The molecule has 3 fully saturated rings. The van der Waals surface area contributed by atoms with Gasteiger partial charge in [-0.3, -0.25) is 14.4 Å². The molecule has 0 radical (unpaired) electrons. The van der Waals surface area contributed by atoms with Crippen LogP contribution in [-0.2, 0) is 14.4 Å². The Bertz CT molecular complexity index is 805. The third-order valence-corrected chi connectivity index (χ3v) is 10.8. The molecule has 0 bridgehead atoms. The Morgan fingerprint density at radius 1 is 1.18 bits per heavy atom. The standard InChI is InChI=1S/C29H48N2O3/c1-7-30(8-2)26(32)11-9-10-20(3)22-13-14-23-21-12-15-25-29(5,19-17-27(33)31(25)34-6)24(21)16-18-28(22,23)4/h15,20-24H,7-14,16-19H2,1-6H3/t20-,21+,22-,23+,24+,28-,29-/m1/s1. The molecule has 192 valence electrons. The van der Waals surface area contributed by atoms with Crippen LogP contribution in [0.5, 0.6) is 0 Å². The van der Waals surface area contributed by atoms with Gasteiger partial charge in [-0.25, -0.2) is 0 Å². The first-order valence-electron chi connectivity index (χ1n) is 14.1. The predicted octanol–water partition coefficient (Wildman–Crippen LogP) is 6.20. The van der Waals surface area contributed by atoms with E-state index in [1.165, 1.54) is 32.1 Å². The van der Waals surface area contributed by atoms with E-state index in [-0.39, 0.29) is 11.3 Å². The summed E-state index contributed by atoms with van der Waals surface area (Å²) in [6.45, 7) is 13.2. The van der Waals surface area contributed by atoms with E-state index in [1.807, 2.05) is 4.90 Å². The van der Waals surface area contributed by atoms with Crippen LogP contribution in [0.25, 0.3) is 0 Å². The van der Waals surface area contributed by atoms with Crippen molar-refractivity contribution < 1.29 is 14.4 Å². The number of hydrogen-bond donors (Lipinski definition) is 0. The van der Waals surface area contributed by atoms with Crippen molar-refractivity contribution >= 4 is 11.8 Å². The molecule has 3 aliphatic carbocycles. The van der Waals surface area contributed by atoms with Crippen molar-refractivity contribution in [3.63, 3.8) is 0 Å². The number of piperidine rings is 1. The smallest absolute Gasteiger partial charge is 0.250 e. The van der Waals surface area contributed by atoms with Crippen LogP contribution in [0.1, 0.15) is 98.8 Å². The number of nitrogens with zero attached hydrogens (tertiary/aromatic N) is 2. The monoisotopic (exact) mass is 472 g/mol. The van der Waals surface area contributed by atoms with Crippen molar-refractivity contribution in [2.75, 3.05) is 20.2 Å². The number of amides is 2. The van der Waals surface area contributed by atoms with Gasteiger partial charge in [0.1, 0.15) is 0 Å². The molecule has 2 saturated carbocycles. The largest absolute Gasteiger partial charge is 0.343 e. The number of hydroxylamine groups is 2. The summed E-state index contributed by atoms with van der Waals surface area (Å²) in [5.74, 6) is 4.03. The summed E-state index contributed by atoms with van der Waals surface area (Å²) in [6, 6.07) is 0. The van der Waals surface area contributed by atoms with Gasteiger partial charge >= 0.3 is 0 Å². The van der Waals surface area contributed by atoms with Gasteiger partial charge in [-0.2, -0.15) is 5.06 Å². The van der Waals surface area contributed by atoms with E-state index in [9.17, 15) is 9.59 Å². The molecule has 1 heterocycles. The van der Waals surface area contributed by atoms with Crippen LogP contribution < -0.4 is 0 Å². The molecular formula is C29H48N2O3. The highest BCUT2D eigenvalue weighted by molar-refractivity contribution is 5.78. The maximum absolute atomic E-state index is 12.5. The first-order chi connectivity index (χ1) is 16.2. The quantitative estimate of drug-likeness (QED) is 0.423. The Morgan fingerprint density at radius 3 is 2.59 bits per heavy atom. The number of fused-ring (bicyclic) bond motifs is 5. The first kappa shape index (κ1) is 25.7. The second-order valence-corrected chi connectivity index (χ2v) is 12.2. The Labute approximate surface area is 207 Å². The lowest BCUT2D eigenvalue weighted by Crippen LogP contribution is -2.54. The molecule has 0 spiro atoms. The van der Waals surface area contributed by atoms with Crippen LogP contribution in [0, 0.1) is 40.4 Å². The summed E-state index contributed by atoms with van der Waals surface area (Å²) in [4.78, 5) is 32.4. The minimum absolute atomic E-state index is 0.0582. The van der Waals surface area contributed by atoms with Crippen molar-refractivity contribution in [1.29, 1.82) is 0 Å². The highest BCUT2D eigenvalue weighted by atomic mass is 16.7. The molecule has 4 aliphatic rings. The van der Waals surface area contributed by atoms with E-state index in [4.69, 9.17) is 4.84 Å². The number of allylic oxidation sites excluding steroid dienone is 2. The number of hydrogen-bond acceptors (Lipinski definition) is 3. The van der Waals surface area contributed by atoms with Crippen LogP contribution in [0.15, 0.2) is 11.8 Å². The van der Waals surface area contributed by atoms with Crippen LogP contribution in [0.4, 0.5) is 0 Å². The van der Waals surface area contributed by atoms with Gasteiger partial charge in [0, 0.05) is 31.3 Å². The molecule has 7 atom stereocenters. The Kier molecular flexibility index (Phi) is 7.53. The molecule has 5 heteroatoms. The van der Waals surface area contributed by atoms with Gasteiger partial charge in [0.15, 0.2) is 0 Å². The zero-order chi connectivity index (χ0) is 24.7. The lowest BCUT2D eigenvalue weighted by atomic mass is 9.48. The lowest BCUT2D eigenvalue weighted by molar-refractivity contribution is -0.184. The van der Waals surface area contributed by atoms with Crippen molar-refractivity contribution in [2.24, 2.45) is 40.4 Å². The molecule has 0 unspecified atom stereocenters. The number of carbonyl (C=O) groups is 2. The molecule has 0 N–H and O–H groups in total. The number of rotatable bonds is 8. The van der Waals surface area contributed by atoms with E-state index in [0.717, 1.165) is 55.8 Å². The predicted molar refractivity (Wildman–Crippen MR) is 135 cm³/mol. The minimum atomic E-state index is 0.0582. The summed E-state index contributed by atoms with van der Waals surface area (Å²) in [5, 5.41) is 1.60. The Balaban J connectivity index is 1.44. The Morgan fingerprint density at radius 2 is 1.91 bits per heavy atom. The molecule has 1 aliphatic heterocycles. The molecule has 0 aromatic carbocycles. The molecule has 2 amide bonds. The van der Waals surface area contributed by atoms with Gasteiger partial charge in [0.2, 0.25) is 5.91 Å². The normalized spacial score (nSPS) is 38.0. The van der Waals surface area contributed by atoms with Gasteiger partial charge in [0.05, 0.1) is 12.8 Å². The van der Waals surface area contributed by atoms with Crippen LogP contribution in [-0.4, -0.2) is 42.0 Å². The fraction of sp³-hybridized carbons (Fsp3) is 0.862. The van der Waals surface area contributed by atoms with Crippen molar-refractivity contribution in [1.82, 2.24) is 9.96 Å². The molecular weight excluding hydrogens is 424 g/mol.